The van der Waals surface area contributed by atoms with Gasteiger partial charge in [-0.2, -0.15) is 0 Å². The molecule has 0 saturated carbocycles. The number of hydrogen-bond acceptors (Lipinski definition) is 2. The largest absolute Gasteiger partial charge is 0.339 e. The zero-order valence-corrected chi connectivity index (χ0v) is 16.0. The van der Waals surface area contributed by atoms with Gasteiger partial charge >= 0.3 is 0 Å². The van der Waals surface area contributed by atoms with Crippen LogP contribution in [0.15, 0.2) is 18.2 Å². The topological polar surface area (TPSA) is 53.2 Å². The molecule has 0 heterocycles. The van der Waals surface area contributed by atoms with Crippen molar-refractivity contribution < 1.29 is 4.79 Å². The Hall–Kier alpha value is 0.120. The van der Waals surface area contributed by atoms with Crippen molar-refractivity contribution in [1.29, 1.82) is 0 Å². The highest BCUT2D eigenvalue weighted by Crippen LogP contribution is 2.29. The average Bonchev–Trinajstić information content (AvgIpc) is 2.41. The normalized spacial score (nSPS) is 12.5. The summed E-state index contributed by atoms with van der Waals surface area (Å²) in [5.41, 5.74) is 0.568. The number of carbonyl (C=O) groups is 1. The SMILES string of the molecule is O=C(CCl)NC(NC(=S)Nc1ccc(Cl)c(Cl)c1)C(Cl)(Cl)Cl. The van der Waals surface area contributed by atoms with Crippen LogP contribution in [-0.2, 0) is 4.79 Å². The van der Waals surface area contributed by atoms with Crippen LogP contribution in [0, 0.1) is 0 Å². The van der Waals surface area contributed by atoms with E-state index in [9.17, 15) is 4.79 Å². The highest BCUT2D eigenvalue weighted by Gasteiger charge is 2.34. The predicted molar refractivity (Wildman–Crippen MR) is 98.8 cm³/mol. The summed E-state index contributed by atoms with van der Waals surface area (Å²) in [7, 11) is 0. The molecule has 22 heavy (non-hydrogen) atoms. The second-order valence-corrected chi connectivity index (χ2v) is 7.76. The van der Waals surface area contributed by atoms with Crippen LogP contribution in [0.25, 0.3) is 0 Å². The lowest BCUT2D eigenvalue weighted by atomic mass is 10.3. The summed E-state index contributed by atoms with van der Waals surface area (Å²) in [6.07, 6.45) is -1.08. The van der Waals surface area contributed by atoms with Crippen molar-refractivity contribution in [3.05, 3.63) is 28.2 Å². The van der Waals surface area contributed by atoms with E-state index in [1.165, 1.54) is 0 Å². The maximum atomic E-state index is 11.3. The van der Waals surface area contributed by atoms with Gasteiger partial charge in [0, 0.05) is 5.69 Å². The molecule has 1 aromatic carbocycles. The standard InChI is InChI=1S/C11H9Cl6N3OS/c12-4-8(21)19-9(11(15,16)17)20-10(22)18-5-1-2-6(13)7(14)3-5/h1-3,9H,4H2,(H,19,21)(H2,18,20,22). The van der Waals surface area contributed by atoms with E-state index < -0.39 is 15.9 Å². The molecule has 4 nitrogen and oxygen atoms in total. The first kappa shape index (κ1) is 20.2. The Morgan fingerprint density at radius 3 is 2.32 bits per heavy atom. The Labute approximate surface area is 162 Å². The van der Waals surface area contributed by atoms with Gasteiger partial charge in [0.05, 0.1) is 10.0 Å². The molecule has 122 valence electrons. The van der Waals surface area contributed by atoms with E-state index in [4.69, 9.17) is 81.8 Å². The minimum Gasteiger partial charge on any atom is -0.339 e. The summed E-state index contributed by atoms with van der Waals surface area (Å²) in [6, 6.07) is 4.82. The third kappa shape index (κ3) is 6.71. The second-order valence-electron chi connectivity index (χ2n) is 3.90. The lowest BCUT2D eigenvalue weighted by Gasteiger charge is -2.27. The third-order valence-electron chi connectivity index (χ3n) is 2.21. The van der Waals surface area contributed by atoms with Crippen LogP contribution in [0.3, 0.4) is 0 Å². The van der Waals surface area contributed by atoms with Gasteiger partial charge in [-0.05, 0) is 30.4 Å². The number of rotatable bonds is 4. The summed E-state index contributed by atoms with van der Waals surface area (Å²) < 4.78 is -1.84. The van der Waals surface area contributed by atoms with Gasteiger partial charge in [0.2, 0.25) is 9.70 Å². The van der Waals surface area contributed by atoms with Crippen molar-refractivity contribution >= 4 is 98.5 Å². The van der Waals surface area contributed by atoms with Crippen LogP contribution in [0.5, 0.6) is 0 Å². The number of halogens is 6. The minimum atomic E-state index is -1.84. The molecule has 0 bridgehead atoms. The fourth-order valence-electron chi connectivity index (χ4n) is 1.27. The van der Waals surface area contributed by atoms with Gasteiger partial charge in [0.1, 0.15) is 12.0 Å². The number of nitrogens with one attached hydrogen (secondary N) is 3. The molecular weight excluding hydrogens is 435 g/mol. The Morgan fingerprint density at radius 1 is 1.18 bits per heavy atom. The lowest BCUT2D eigenvalue weighted by molar-refractivity contribution is -0.119. The van der Waals surface area contributed by atoms with Gasteiger partial charge in [0.15, 0.2) is 5.11 Å². The molecule has 1 aromatic rings. The van der Waals surface area contributed by atoms with Crippen molar-refractivity contribution in [3.63, 3.8) is 0 Å². The molecule has 0 spiro atoms. The Morgan fingerprint density at radius 2 is 1.82 bits per heavy atom. The number of hydrogen-bond donors (Lipinski definition) is 3. The van der Waals surface area contributed by atoms with E-state index in [-0.39, 0.29) is 11.0 Å². The van der Waals surface area contributed by atoms with Gasteiger partial charge in [-0.3, -0.25) is 4.79 Å². The Balaban J connectivity index is 2.74. The van der Waals surface area contributed by atoms with Crippen molar-refractivity contribution in [1.82, 2.24) is 10.6 Å². The first-order chi connectivity index (χ1) is 10.1. The summed E-state index contributed by atoms with van der Waals surface area (Å²) in [6.45, 7) is 0. The molecule has 1 atom stereocenters. The van der Waals surface area contributed by atoms with E-state index in [0.717, 1.165) is 0 Å². The highest BCUT2D eigenvalue weighted by molar-refractivity contribution is 7.80. The molecule has 11 heteroatoms. The van der Waals surface area contributed by atoms with Gasteiger partial charge in [0.25, 0.3) is 0 Å². The summed E-state index contributed by atoms with van der Waals surface area (Å²) in [4.78, 5) is 11.3. The molecule has 3 N–H and O–H groups in total. The number of carbonyl (C=O) groups excluding carboxylic acids is 1. The quantitative estimate of drug-likeness (QED) is 0.368. The van der Waals surface area contributed by atoms with Crippen LogP contribution in [-0.4, -0.2) is 26.9 Å². The molecule has 0 fully saturated rings. The van der Waals surface area contributed by atoms with E-state index in [0.29, 0.717) is 15.7 Å². The monoisotopic (exact) mass is 441 g/mol. The third-order valence-corrected chi connectivity index (χ3v) is 4.06. The van der Waals surface area contributed by atoms with Gasteiger partial charge in [-0.1, -0.05) is 58.0 Å². The second kappa shape index (κ2) is 8.83. The van der Waals surface area contributed by atoms with E-state index in [1.54, 1.807) is 18.2 Å². The van der Waals surface area contributed by atoms with Crippen LogP contribution < -0.4 is 16.0 Å². The first-order valence-electron chi connectivity index (χ1n) is 5.58. The highest BCUT2D eigenvalue weighted by atomic mass is 35.6. The fraction of sp³-hybridized carbons (Fsp3) is 0.273. The zero-order valence-electron chi connectivity index (χ0n) is 10.6. The molecule has 0 aliphatic rings. The van der Waals surface area contributed by atoms with Gasteiger partial charge in [-0.15, -0.1) is 11.6 Å². The van der Waals surface area contributed by atoms with Crippen molar-refractivity contribution in [2.75, 3.05) is 11.2 Å². The fourth-order valence-corrected chi connectivity index (χ4v) is 2.21. The lowest BCUT2D eigenvalue weighted by Crippen LogP contribution is -2.56. The number of benzene rings is 1. The van der Waals surface area contributed by atoms with Gasteiger partial charge < -0.3 is 16.0 Å². The maximum absolute atomic E-state index is 11.3. The predicted octanol–water partition coefficient (Wildman–Crippen LogP) is 4.33. The van der Waals surface area contributed by atoms with E-state index in [2.05, 4.69) is 16.0 Å². The molecule has 0 aromatic heterocycles. The molecular formula is C11H9Cl6N3OS. The van der Waals surface area contributed by atoms with Crippen molar-refractivity contribution in [3.8, 4) is 0 Å². The average molecular weight is 444 g/mol. The Kier molecular flexibility index (Phi) is 8.09. The van der Waals surface area contributed by atoms with Gasteiger partial charge in [-0.25, -0.2) is 0 Å². The summed E-state index contributed by atoms with van der Waals surface area (Å²) in [5.74, 6) is -0.811. The van der Waals surface area contributed by atoms with Crippen LogP contribution in [0.1, 0.15) is 0 Å². The van der Waals surface area contributed by atoms with E-state index >= 15 is 0 Å². The molecule has 1 amide bonds. The summed E-state index contributed by atoms with van der Waals surface area (Å²) in [5, 5.41) is 8.73. The Bertz CT molecular complexity index is 565. The molecule has 1 rings (SSSR count). The molecule has 0 radical (unpaired) electrons. The molecule has 1 unspecified atom stereocenters. The van der Waals surface area contributed by atoms with E-state index in [1.807, 2.05) is 0 Å². The van der Waals surface area contributed by atoms with Crippen LogP contribution in [0.2, 0.25) is 10.0 Å². The van der Waals surface area contributed by atoms with Crippen molar-refractivity contribution in [2.45, 2.75) is 9.96 Å². The molecule has 0 aliphatic heterocycles. The number of thiocarbonyl (C=S) groups is 1. The molecule has 0 aliphatic carbocycles. The molecule has 0 saturated heterocycles. The smallest absolute Gasteiger partial charge is 0.236 e. The van der Waals surface area contributed by atoms with Crippen molar-refractivity contribution in [2.24, 2.45) is 0 Å². The number of amides is 1. The van der Waals surface area contributed by atoms with Crippen LogP contribution in [0.4, 0.5) is 5.69 Å². The summed E-state index contributed by atoms with van der Waals surface area (Å²) >= 11 is 39.5. The minimum absolute atomic E-state index is 0.101. The number of anilines is 1. The number of alkyl halides is 4. The maximum Gasteiger partial charge on any atom is 0.236 e. The van der Waals surface area contributed by atoms with Crippen LogP contribution >= 0.6 is 81.8 Å². The zero-order chi connectivity index (χ0) is 16.9. The first-order valence-corrected chi connectivity index (χ1v) is 8.41.